The van der Waals surface area contributed by atoms with Crippen molar-refractivity contribution in [3.8, 4) is 5.88 Å². The molecule has 0 saturated carbocycles. The van der Waals surface area contributed by atoms with Crippen molar-refractivity contribution in [2.24, 2.45) is 0 Å². The minimum absolute atomic E-state index is 0.00899. The lowest BCUT2D eigenvalue weighted by atomic mass is 10.4. The third kappa shape index (κ3) is 4.95. The summed E-state index contributed by atoms with van der Waals surface area (Å²) >= 11 is 0. The second-order valence-electron chi connectivity index (χ2n) is 3.88. The highest BCUT2D eigenvalue weighted by atomic mass is 19.1. The zero-order valence-corrected chi connectivity index (χ0v) is 10.5. The van der Waals surface area contributed by atoms with Gasteiger partial charge in [-0.25, -0.2) is 4.98 Å². The molecule has 0 radical (unpaired) electrons. The van der Waals surface area contributed by atoms with Crippen LogP contribution in [0.5, 0.6) is 5.88 Å². The Labute approximate surface area is 101 Å². The summed E-state index contributed by atoms with van der Waals surface area (Å²) < 4.78 is 18.6. The molecule has 0 aromatic carbocycles. The fourth-order valence-electron chi connectivity index (χ4n) is 1.25. The van der Waals surface area contributed by atoms with Gasteiger partial charge in [-0.3, -0.25) is 0 Å². The smallest absolute Gasteiger partial charge is 0.255 e. The normalized spacial score (nSPS) is 10.6. The van der Waals surface area contributed by atoms with Crippen molar-refractivity contribution < 1.29 is 9.13 Å². The average molecular weight is 242 g/mol. The van der Waals surface area contributed by atoms with E-state index < -0.39 is 5.82 Å². The molecule has 1 rings (SSSR count). The molecular formula is C11H19FN4O. The van der Waals surface area contributed by atoms with Crippen LogP contribution in [-0.2, 0) is 0 Å². The van der Waals surface area contributed by atoms with Crippen LogP contribution in [0.1, 0.15) is 13.3 Å². The van der Waals surface area contributed by atoms with Crippen LogP contribution in [-0.4, -0.2) is 48.7 Å². The Kier molecular flexibility index (Phi) is 5.62. The molecule has 96 valence electrons. The predicted molar refractivity (Wildman–Crippen MR) is 64.8 cm³/mol. The second kappa shape index (κ2) is 7.01. The van der Waals surface area contributed by atoms with E-state index in [1.165, 1.54) is 0 Å². The average Bonchev–Trinajstić information content (AvgIpc) is 2.28. The van der Waals surface area contributed by atoms with Gasteiger partial charge in [-0.1, -0.05) is 0 Å². The van der Waals surface area contributed by atoms with Crippen LogP contribution in [0.4, 0.5) is 10.3 Å². The van der Waals surface area contributed by atoms with Crippen LogP contribution in [0.25, 0.3) is 0 Å². The Hall–Kier alpha value is -1.43. The summed E-state index contributed by atoms with van der Waals surface area (Å²) in [5, 5.41) is 2.91. The van der Waals surface area contributed by atoms with E-state index in [2.05, 4.69) is 15.3 Å². The minimum Gasteiger partial charge on any atom is -0.475 e. The summed E-state index contributed by atoms with van der Waals surface area (Å²) in [6.07, 6.45) is 1.94. The highest BCUT2D eigenvalue weighted by Gasteiger charge is 2.07. The molecule has 1 aromatic heterocycles. The first-order valence-electron chi connectivity index (χ1n) is 5.67. The third-order valence-corrected chi connectivity index (χ3v) is 2.04. The Balaban J connectivity index is 2.48. The van der Waals surface area contributed by atoms with Crippen molar-refractivity contribution in [1.82, 2.24) is 14.9 Å². The summed E-state index contributed by atoms with van der Waals surface area (Å²) in [6, 6.07) is 0. The molecule has 5 nitrogen and oxygen atoms in total. The number of nitrogens with one attached hydrogen (secondary N) is 1. The van der Waals surface area contributed by atoms with Crippen molar-refractivity contribution >= 4 is 5.95 Å². The van der Waals surface area contributed by atoms with Gasteiger partial charge in [-0.15, -0.1) is 0 Å². The van der Waals surface area contributed by atoms with E-state index in [1.54, 1.807) is 0 Å². The molecular weight excluding hydrogens is 223 g/mol. The predicted octanol–water partition coefficient (Wildman–Crippen LogP) is 1.38. The van der Waals surface area contributed by atoms with E-state index >= 15 is 0 Å². The molecule has 0 unspecified atom stereocenters. The van der Waals surface area contributed by atoms with E-state index in [4.69, 9.17) is 4.74 Å². The van der Waals surface area contributed by atoms with Gasteiger partial charge >= 0.3 is 0 Å². The molecule has 17 heavy (non-hydrogen) atoms. The Morgan fingerprint density at radius 3 is 2.88 bits per heavy atom. The van der Waals surface area contributed by atoms with Crippen LogP contribution >= 0.6 is 0 Å². The highest BCUT2D eigenvalue weighted by Crippen LogP contribution is 2.14. The monoisotopic (exact) mass is 242 g/mol. The van der Waals surface area contributed by atoms with Crippen molar-refractivity contribution in [3.63, 3.8) is 0 Å². The maximum absolute atomic E-state index is 13.3. The number of ether oxygens (including phenoxy) is 1. The first-order chi connectivity index (χ1) is 8.13. The van der Waals surface area contributed by atoms with Gasteiger partial charge in [-0.2, -0.15) is 9.37 Å². The topological polar surface area (TPSA) is 50.3 Å². The number of nitrogens with zero attached hydrogens (tertiary/aromatic N) is 3. The largest absolute Gasteiger partial charge is 0.475 e. The second-order valence-corrected chi connectivity index (χ2v) is 3.88. The quantitative estimate of drug-likeness (QED) is 0.732. The van der Waals surface area contributed by atoms with Crippen molar-refractivity contribution in [2.75, 3.05) is 39.1 Å². The summed E-state index contributed by atoms with van der Waals surface area (Å²) in [5.41, 5.74) is 0. The minimum atomic E-state index is -0.531. The number of halogens is 1. The zero-order valence-electron chi connectivity index (χ0n) is 10.5. The molecule has 1 aromatic rings. The van der Waals surface area contributed by atoms with E-state index in [9.17, 15) is 4.39 Å². The third-order valence-electron chi connectivity index (χ3n) is 2.04. The SMILES string of the molecule is CCNc1ncc(F)c(OCCCN(C)C)n1. The van der Waals surface area contributed by atoms with Gasteiger partial charge in [0.1, 0.15) is 0 Å². The Morgan fingerprint density at radius 2 is 2.24 bits per heavy atom. The Bertz CT molecular complexity index is 346. The summed E-state index contributed by atoms with van der Waals surface area (Å²) in [4.78, 5) is 9.79. The Morgan fingerprint density at radius 1 is 1.47 bits per heavy atom. The fourth-order valence-corrected chi connectivity index (χ4v) is 1.25. The molecule has 1 heterocycles. The number of anilines is 1. The maximum Gasteiger partial charge on any atom is 0.255 e. The molecule has 0 spiro atoms. The first kappa shape index (κ1) is 13.6. The van der Waals surface area contributed by atoms with Crippen LogP contribution in [0.3, 0.4) is 0 Å². The molecule has 6 heteroatoms. The van der Waals surface area contributed by atoms with Gasteiger partial charge in [-0.05, 0) is 27.4 Å². The number of rotatable bonds is 7. The lowest BCUT2D eigenvalue weighted by molar-refractivity contribution is 0.261. The van der Waals surface area contributed by atoms with Crippen molar-refractivity contribution in [2.45, 2.75) is 13.3 Å². The molecule has 0 atom stereocenters. The lowest BCUT2D eigenvalue weighted by Gasteiger charge is -2.10. The van der Waals surface area contributed by atoms with Gasteiger partial charge < -0.3 is 15.0 Å². The lowest BCUT2D eigenvalue weighted by Crippen LogP contribution is -2.16. The summed E-state index contributed by atoms with van der Waals surface area (Å²) in [5.74, 6) is -0.136. The highest BCUT2D eigenvalue weighted by molar-refractivity contribution is 5.27. The maximum atomic E-state index is 13.3. The zero-order chi connectivity index (χ0) is 12.7. The molecule has 0 bridgehead atoms. The van der Waals surface area contributed by atoms with Crippen LogP contribution in [0.2, 0.25) is 0 Å². The van der Waals surface area contributed by atoms with Crippen LogP contribution in [0, 0.1) is 5.82 Å². The number of hydrogen-bond acceptors (Lipinski definition) is 5. The van der Waals surface area contributed by atoms with Crippen molar-refractivity contribution in [3.05, 3.63) is 12.0 Å². The van der Waals surface area contributed by atoms with E-state index in [0.717, 1.165) is 19.2 Å². The van der Waals surface area contributed by atoms with E-state index in [1.807, 2.05) is 25.9 Å². The van der Waals surface area contributed by atoms with Gasteiger partial charge in [0.2, 0.25) is 11.8 Å². The van der Waals surface area contributed by atoms with E-state index in [-0.39, 0.29) is 5.88 Å². The summed E-state index contributed by atoms with van der Waals surface area (Å²) in [7, 11) is 3.96. The van der Waals surface area contributed by atoms with Crippen LogP contribution in [0.15, 0.2) is 6.20 Å². The van der Waals surface area contributed by atoms with Gasteiger partial charge in [0.15, 0.2) is 0 Å². The van der Waals surface area contributed by atoms with Crippen molar-refractivity contribution in [1.29, 1.82) is 0 Å². The van der Waals surface area contributed by atoms with Gasteiger partial charge in [0.05, 0.1) is 12.8 Å². The molecule has 0 aliphatic carbocycles. The molecule has 0 aliphatic heterocycles. The van der Waals surface area contributed by atoms with Gasteiger partial charge in [0, 0.05) is 13.1 Å². The van der Waals surface area contributed by atoms with Crippen LogP contribution < -0.4 is 10.1 Å². The van der Waals surface area contributed by atoms with E-state index in [0.29, 0.717) is 19.1 Å². The molecule has 0 amide bonds. The fraction of sp³-hybridized carbons (Fsp3) is 0.636. The number of hydrogen-bond donors (Lipinski definition) is 1. The summed E-state index contributed by atoms with van der Waals surface area (Å²) in [6.45, 7) is 3.94. The standard InChI is InChI=1S/C11H19FN4O/c1-4-13-11-14-8-9(12)10(15-11)17-7-5-6-16(2)3/h8H,4-7H2,1-3H3,(H,13,14,15). The molecule has 0 fully saturated rings. The number of aromatic nitrogens is 2. The molecule has 0 saturated heterocycles. The molecule has 1 N–H and O–H groups in total. The van der Waals surface area contributed by atoms with Gasteiger partial charge in [0.25, 0.3) is 5.88 Å². The molecule has 0 aliphatic rings. The first-order valence-corrected chi connectivity index (χ1v) is 5.67.